The predicted molar refractivity (Wildman–Crippen MR) is 82.5 cm³/mol. The first-order valence-corrected chi connectivity index (χ1v) is 8.48. The number of aryl methyl sites for hydroxylation is 1. The first-order valence-electron chi connectivity index (χ1n) is 6.53. The molecule has 1 saturated carbocycles. The van der Waals surface area contributed by atoms with Gasteiger partial charge in [-0.3, -0.25) is 0 Å². The molecule has 0 radical (unpaired) electrons. The van der Waals surface area contributed by atoms with E-state index in [1.807, 2.05) is 13.8 Å². The normalized spacial score (nSPS) is 25.4. The summed E-state index contributed by atoms with van der Waals surface area (Å²) in [7, 11) is -3.41. The Morgan fingerprint density at radius 3 is 2.55 bits per heavy atom. The van der Waals surface area contributed by atoms with Crippen LogP contribution in [0, 0.1) is 12.3 Å². The van der Waals surface area contributed by atoms with Gasteiger partial charge < -0.3 is 10.5 Å². The van der Waals surface area contributed by atoms with Crippen LogP contribution in [0.2, 0.25) is 0 Å². The zero-order valence-corrected chi connectivity index (χ0v) is 13.3. The molecule has 6 heteroatoms. The van der Waals surface area contributed by atoms with Crippen molar-refractivity contribution in [1.82, 2.24) is 0 Å². The molecule has 2 atom stereocenters. The van der Waals surface area contributed by atoms with Gasteiger partial charge in [0, 0.05) is 6.61 Å². The number of rotatable bonds is 6. The Kier molecular flexibility index (Phi) is 4.18. The van der Waals surface area contributed by atoms with E-state index in [4.69, 9.17) is 22.7 Å². The SMILES string of the molecule is CCOC[C@]1(C(N)=S)C[C@H]1S(=O)(=O)c1ccc(C)cc1. The molecule has 0 spiro atoms. The maximum atomic E-state index is 12.6. The van der Waals surface area contributed by atoms with Gasteiger partial charge in [-0.2, -0.15) is 0 Å². The van der Waals surface area contributed by atoms with E-state index < -0.39 is 20.5 Å². The third-order valence-electron chi connectivity index (χ3n) is 3.78. The molecule has 4 nitrogen and oxygen atoms in total. The van der Waals surface area contributed by atoms with Crippen LogP contribution in [0.4, 0.5) is 0 Å². The Morgan fingerprint density at radius 1 is 1.45 bits per heavy atom. The van der Waals surface area contributed by atoms with Crippen molar-refractivity contribution in [2.24, 2.45) is 11.1 Å². The van der Waals surface area contributed by atoms with E-state index in [-0.39, 0.29) is 11.6 Å². The molecule has 2 N–H and O–H groups in total. The molecular weight excluding hydrogens is 294 g/mol. The maximum absolute atomic E-state index is 12.6. The Balaban J connectivity index is 2.28. The summed E-state index contributed by atoms with van der Waals surface area (Å²) in [5.74, 6) is 0. The average molecular weight is 313 g/mol. The second-order valence-electron chi connectivity index (χ2n) is 5.21. The lowest BCUT2D eigenvalue weighted by Gasteiger charge is -2.16. The summed E-state index contributed by atoms with van der Waals surface area (Å²) in [5, 5.41) is -0.568. The molecule has 0 saturated heterocycles. The van der Waals surface area contributed by atoms with E-state index in [9.17, 15) is 8.42 Å². The fourth-order valence-corrected chi connectivity index (χ4v) is 4.85. The number of hydrogen-bond donors (Lipinski definition) is 1. The molecular formula is C14H19NO3S2. The monoisotopic (exact) mass is 313 g/mol. The number of nitrogens with two attached hydrogens (primary N) is 1. The summed E-state index contributed by atoms with van der Waals surface area (Å²) >= 11 is 5.06. The summed E-state index contributed by atoms with van der Waals surface area (Å²) in [4.78, 5) is 0.550. The molecule has 1 aliphatic carbocycles. The van der Waals surface area contributed by atoms with Crippen LogP contribution in [-0.4, -0.2) is 31.9 Å². The third kappa shape index (κ3) is 2.60. The van der Waals surface area contributed by atoms with Gasteiger partial charge in [0.25, 0.3) is 0 Å². The lowest BCUT2D eigenvalue weighted by atomic mass is 10.1. The van der Waals surface area contributed by atoms with Crippen molar-refractivity contribution in [3.05, 3.63) is 29.8 Å². The minimum absolute atomic E-state index is 0.228. The minimum atomic E-state index is -3.41. The molecule has 1 fully saturated rings. The molecule has 0 aliphatic heterocycles. The van der Waals surface area contributed by atoms with Crippen molar-refractivity contribution in [1.29, 1.82) is 0 Å². The van der Waals surface area contributed by atoms with Gasteiger partial charge in [0.15, 0.2) is 9.84 Å². The van der Waals surface area contributed by atoms with Gasteiger partial charge in [-0.25, -0.2) is 8.42 Å². The predicted octanol–water partition coefficient (Wildman–Crippen LogP) is 1.85. The van der Waals surface area contributed by atoms with Crippen molar-refractivity contribution >= 4 is 27.0 Å². The van der Waals surface area contributed by atoms with Gasteiger partial charge >= 0.3 is 0 Å². The van der Waals surface area contributed by atoms with Crippen molar-refractivity contribution in [2.45, 2.75) is 30.4 Å². The number of benzene rings is 1. The van der Waals surface area contributed by atoms with Crippen molar-refractivity contribution in [3.63, 3.8) is 0 Å². The Morgan fingerprint density at radius 2 is 2.05 bits per heavy atom. The fraction of sp³-hybridized carbons (Fsp3) is 0.500. The topological polar surface area (TPSA) is 69.4 Å². The second kappa shape index (κ2) is 5.42. The zero-order chi connectivity index (χ0) is 15.0. The average Bonchev–Trinajstić information content (AvgIpc) is 3.14. The minimum Gasteiger partial charge on any atom is -0.393 e. The van der Waals surface area contributed by atoms with E-state index in [1.165, 1.54) is 0 Å². The van der Waals surface area contributed by atoms with Crippen LogP contribution in [0.25, 0.3) is 0 Å². The van der Waals surface area contributed by atoms with Crippen LogP contribution in [0.5, 0.6) is 0 Å². The van der Waals surface area contributed by atoms with E-state index in [1.54, 1.807) is 24.3 Å². The third-order valence-corrected chi connectivity index (χ3v) is 6.49. The molecule has 110 valence electrons. The number of hydrogen-bond acceptors (Lipinski definition) is 4. The molecule has 1 aliphatic rings. The first kappa shape index (κ1) is 15.4. The molecule has 0 unspecified atom stereocenters. The van der Waals surface area contributed by atoms with Crippen LogP contribution >= 0.6 is 12.2 Å². The Bertz CT molecular complexity index is 610. The van der Waals surface area contributed by atoms with E-state index in [0.29, 0.717) is 17.9 Å². The van der Waals surface area contributed by atoms with Crippen molar-refractivity contribution < 1.29 is 13.2 Å². The Labute approximate surface area is 125 Å². The lowest BCUT2D eigenvalue weighted by Crippen LogP contribution is -2.33. The van der Waals surface area contributed by atoms with Gasteiger partial charge in [-0.15, -0.1) is 0 Å². The van der Waals surface area contributed by atoms with E-state index >= 15 is 0 Å². The Hall–Kier alpha value is -0.980. The summed E-state index contributed by atoms with van der Waals surface area (Å²) in [6, 6.07) is 6.85. The number of ether oxygens (including phenoxy) is 1. The molecule has 2 rings (SSSR count). The highest BCUT2D eigenvalue weighted by Gasteiger charge is 2.63. The van der Waals surface area contributed by atoms with Crippen LogP contribution < -0.4 is 5.73 Å². The van der Waals surface area contributed by atoms with Gasteiger partial charge in [0.2, 0.25) is 0 Å². The lowest BCUT2D eigenvalue weighted by molar-refractivity contribution is 0.123. The smallest absolute Gasteiger partial charge is 0.182 e. The van der Waals surface area contributed by atoms with Crippen LogP contribution in [0.1, 0.15) is 18.9 Å². The number of sulfone groups is 1. The second-order valence-corrected chi connectivity index (χ2v) is 7.78. The van der Waals surface area contributed by atoms with E-state index in [2.05, 4.69) is 0 Å². The highest BCUT2D eigenvalue weighted by atomic mass is 32.2. The zero-order valence-electron chi connectivity index (χ0n) is 11.6. The quantitative estimate of drug-likeness (QED) is 0.812. The molecule has 20 heavy (non-hydrogen) atoms. The highest BCUT2D eigenvalue weighted by molar-refractivity contribution is 7.92. The van der Waals surface area contributed by atoms with Crippen molar-refractivity contribution in [2.75, 3.05) is 13.2 Å². The van der Waals surface area contributed by atoms with E-state index in [0.717, 1.165) is 5.56 Å². The van der Waals surface area contributed by atoms with Crippen molar-refractivity contribution in [3.8, 4) is 0 Å². The molecule has 0 heterocycles. The van der Waals surface area contributed by atoms with Gasteiger partial charge in [-0.1, -0.05) is 29.9 Å². The fourth-order valence-electron chi connectivity index (χ4n) is 2.34. The number of thiocarbonyl (C=S) groups is 1. The standard InChI is InChI=1S/C14H19NO3S2/c1-3-18-9-14(13(15)19)8-12(14)20(16,17)11-6-4-10(2)5-7-11/h4-7,12H,3,8-9H2,1-2H3,(H2,15,19)/t12-,14-/m1/s1. The van der Waals surface area contributed by atoms with Crippen LogP contribution in [-0.2, 0) is 14.6 Å². The molecule has 0 amide bonds. The van der Waals surface area contributed by atoms with Crippen LogP contribution in [0.3, 0.4) is 0 Å². The first-order chi connectivity index (χ1) is 9.34. The largest absolute Gasteiger partial charge is 0.393 e. The van der Waals surface area contributed by atoms with Gasteiger partial charge in [-0.05, 0) is 32.4 Å². The molecule has 0 aromatic heterocycles. The van der Waals surface area contributed by atoms with Crippen LogP contribution in [0.15, 0.2) is 29.2 Å². The van der Waals surface area contributed by atoms with Gasteiger partial charge in [0.05, 0.1) is 27.2 Å². The summed E-state index contributed by atoms with van der Waals surface area (Å²) in [6.07, 6.45) is 0.443. The molecule has 1 aromatic carbocycles. The molecule has 0 bridgehead atoms. The molecule has 1 aromatic rings. The maximum Gasteiger partial charge on any atom is 0.182 e. The highest BCUT2D eigenvalue weighted by Crippen LogP contribution is 2.53. The van der Waals surface area contributed by atoms with Gasteiger partial charge in [0.1, 0.15) is 0 Å². The summed E-state index contributed by atoms with van der Waals surface area (Å²) in [5.41, 5.74) is 6.07. The summed E-state index contributed by atoms with van der Waals surface area (Å²) < 4.78 is 30.6. The summed E-state index contributed by atoms with van der Waals surface area (Å²) in [6.45, 7) is 4.57.